The van der Waals surface area contributed by atoms with Crippen molar-refractivity contribution in [2.45, 2.75) is 22.8 Å². The van der Waals surface area contributed by atoms with E-state index < -0.39 is 9.84 Å². The number of fused-ring (bicyclic) bond motifs is 3. The zero-order valence-corrected chi connectivity index (χ0v) is 16.0. The molecule has 0 spiro atoms. The lowest BCUT2D eigenvalue weighted by Crippen LogP contribution is -2.22. The normalized spacial score (nSPS) is 14.2. The Morgan fingerprint density at radius 3 is 2.64 bits per heavy atom. The van der Waals surface area contributed by atoms with Crippen LogP contribution >= 0.6 is 35.6 Å². The number of sulfone groups is 1. The van der Waals surface area contributed by atoms with Crippen LogP contribution in [0.25, 0.3) is 11.0 Å². The molecule has 8 heteroatoms. The van der Waals surface area contributed by atoms with E-state index in [9.17, 15) is 8.42 Å². The first-order valence-electron chi connectivity index (χ1n) is 7.42. The Labute approximate surface area is 161 Å². The van der Waals surface area contributed by atoms with Gasteiger partial charge in [0.05, 0.1) is 14.8 Å². The fourth-order valence-electron chi connectivity index (χ4n) is 2.97. The van der Waals surface area contributed by atoms with Crippen molar-refractivity contribution in [2.75, 3.05) is 6.54 Å². The largest absolute Gasteiger partial charge is 0.459 e. The molecule has 4 nitrogen and oxygen atoms in total. The Balaban J connectivity index is 0.00000182. The number of hydrogen-bond donors (Lipinski definition) is 1. The van der Waals surface area contributed by atoms with Gasteiger partial charge in [-0.05, 0) is 30.3 Å². The van der Waals surface area contributed by atoms with Crippen LogP contribution < -0.4 is 5.32 Å². The second-order valence-electron chi connectivity index (χ2n) is 5.67. The summed E-state index contributed by atoms with van der Waals surface area (Å²) in [6.07, 6.45) is 0.761. The van der Waals surface area contributed by atoms with Crippen molar-refractivity contribution in [3.05, 3.63) is 57.8 Å². The Morgan fingerprint density at radius 1 is 1.08 bits per heavy atom. The Morgan fingerprint density at radius 2 is 1.88 bits per heavy atom. The summed E-state index contributed by atoms with van der Waals surface area (Å²) in [4.78, 5) is 0.275. The molecule has 0 fully saturated rings. The van der Waals surface area contributed by atoms with Gasteiger partial charge < -0.3 is 9.73 Å². The zero-order chi connectivity index (χ0) is 16.9. The van der Waals surface area contributed by atoms with E-state index >= 15 is 0 Å². The number of nitrogens with one attached hydrogen (secondary N) is 1. The van der Waals surface area contributed by atoms with Crippen LogP contribution in [0.3, 0.4) is 0 Å². The number of benzene rings is 2. The molecule has 1 aliphatic rings. The van der Waals surface area contributed by atoms with Gasteiger partial charge in [-0.25, -0.2) is 8.42 Å². The molecule has 1 aromatic heterocycles. The van der Waals surface area contributed by atoms with Crippen molar-refractivity contribution in [1.82, 2.24) is 5.32 Å². The highest BCUT2D eigenvalue weighted by atomic mass is 35.5. The second kappa shape index (κ2) is 6.82. The highest BCUT2D eigenvalue weighted by Gasteiger charge is 2.24. The van der Waals surface area contributed by atoms with Gasteiger partial charge >= 0.3 is 0 Å². The summed E-state index contributed by atoms with van der Waals surface area (Å²) in [5.74, 6) is 0.864. The third-order valence-electron chi connectivity index (χ3n) is 4.15. The van der Waals surface area contributed by atoms with E-state index in [1.54, 1.807) is 18.2 Å². The first kappa shape index (κ1) is 18.5. The smallest absolute Gasteiger partial charge is 0.206 e. The summed E-state index contributed by atoms with van der Waals surface area (Å²) >= 11 is 12.2. The van der Waals surface area contributed by atoms with Gasteiger partial charge in [0.15, 0.2) is 5.58 Å². The maximum absolute atomic E-state index is 12.9. The van der Waals surface area contributed by atoms with Crippen molar-refractivity contribution in [2.24, 2.45) is 0 Å². The van der Waals surface area contributed by atoms with Gasteiger partial charge in [-0.2, -0.15) is 0 Å². The minimum atomic E-state index is -3.71. The summed E-state index contributed by atoms with van der Waals surface area (Å²) in [5.41, 5.74) is 1.51. The monoisotopic (exact) mass is 417 g/mol. The fourth-order valence-corrected chi connectivity index (χ4v) is 4.90. The molecule has 2 aromatic carbocycles. The third-order valence-corrected chi connectivity index (χ3v) is 6.40. The van der Waals surface area contributed by atoms with Crippen LogP contribution in [0.5, 0.6) is 0 Å². The number of halogens is 3. The molecule has 0 amide bonds. The predicted molar refractivity (Wildman–Crippen MR) is 101 cm³/mol. The molecular formula is C17H14Cl3NO3S. The van der Waals surface area contributed by atoms with E-state index in [2.05, 4.69) is 5.32 Å². The lowest BCUT2D eigenvalue weighted by Gasteiger charge is -2.11. The van der Waals surface area contributed by atoms with Crippen LogP contribution in [0.4, 0.5) is 0 Å². The van der Waals surface area contributed by atoms with Crippen molar-refractivity contribution >= 4 is 56.4 Å². The minimum absolute atomic E-state index is 0. The third kappa shape index (κ3) is 3.15. The molecule has 0 saturated carbocycles. The van der Waals surface area contributed by atoms with E-state index in [0.717, 1.165) is 29.7 Å². The average molecular weight is 419 g/mol. The number of furan rings is 1. The van der Waals surface area contributed by atoms with Crippen LogP contribution in [-0.2, 0) is 22.8 Å². The number of hydrogen-bond acceptors (Lipinski definition) is 4. The predicted octanol–water partition coefficient (Wildman–Crippen LogP) is 4.64. The van der Waals surface area contributed by atoms with Crippen molar-refractivity contribution in [1.29, 1.82) is 0 Å². The topological polar surface area (TPSA) is 59.3 Å². The molecule has 0 saturated heterocycles. The maximum Gasteiger partial charge on any atom is 0.206 e. The summed E-state index contributed by atoms with van der Waals surface area (Å²) in [5, 5.41) is 4.67. The summed E-state index contributed by atoms with van der Waals surface area (Å²) in [6.45, 7) is 1.47. The van der Waals surface area contributed by atoms with E-state index in [0.29, 0.717) is 22.2 Å². The molecule has 4 rings (SSSR count). The Kier molecular flexibility index (Phi) is 5.06. The lowest BCUT2D eigenvalue weighted by atomic mass is 10.1. The average Bonchev–Trinajstić information content (AvgIpc) is 2.94. The zero-order valence-electron chi connectivity index (χ0n) is 12.9. The molecule has 0 aliphatic carbocycles. The van der Waals surface area contributed by atoms with Crippen LogP contribution in [-0.4, -0.2) is 15.0 Å². The van der Waals surface area contributed by atoms with Crippen LogP contribution in [0, 0.1) is 0 Å². The lowest BCUT2D eigenvalue weighted by molar-refractivity contribution is 0.500. The van der Waals surface area contributed by atoms with Gasteiger partial charge in [-0.15, -0.1) is 12.4 Å². The molecule has 0 bridgehead atoms. The minimum Gasteiger partial charge on any atom is -0.459 e. The Hall–Kier alpha value is -1.24. The van der Waals surface area contributed by atoms with Gasteiger partial charge in [0.2, 0.25) is 9.84 Å². The molecule has 25 heavy (non-hydrogen) atoms. The number of rotatable bonds is 2. The molecule has 132 valence electrons. The van der Waals surface area contributed by atoms with Crippen LogP contribution in [0.2, 0.25) is 10.0 Å². The van der Waals surface area contributed by atoms with Crippen molar-refractivity contribution in [3.63, 3.8) is 0 Å². The van der Waals surface area contributed by atoms with E-state index in [1.807, 2.05) is 0 Å². The van der Waals surface area contributed by atoms with Crippen LogP contribution in [0.15, 0.2) is 50.6 Å². The second-order valence-corrected chi connectivity index (χ2v) is 8.47. The van der Waals surface area contributed by atoms with Crippen LogP contribution in [0.1, 0.15) is 11.3 Å². The molecule has 1 aliphatic heterocycles. The quantitative estimate of drug-likeness (QED) is 0.658. The molecule has 3 aromatic rings. The molecule has 2 heterocycles. The summed E-state index contributed by atoms with van der Waals surface area (Å²) in [7, 11) is -3.71. The highest BCUT2D eigenvalue weighted by Crippen LogP contribution is 2.36. The molecular weight excluding hydrogens is 405 g/mol. The molecule has 0 unspecified atom stereocenters. The van der Waals surface area contributed by atoms with E-state index in [1.165, 1.54) is 18.2 Å². The Bertz CT molecular complexity index is 1060. The fraction of sp³-hybridized carbons (Fsp3) is 0.176. The van der Waals surface area contributed by atoms with Gasteiger partial charge in [-0.3, -0.25) is 0 Å². The van der Waals surface area contributed by atoms with Gasteiger partial charge in [0.1, 0.15) is 5.76 Å². The van der Waals surface area contributed by atoms with E-state index in [4.69, 9.17) is 27.6 Å². The first-order chi connectivity index (χ1) is 11.5. The maximum atomic E-state index is 12.9. The molecule has 0 atom stereocenters. The van der Waals surface area contributed by atoms with Gasteiger partial charge in [0, 0.05) is 35.5 Å². The summed E-state index contributed by atoms with van der Waals surface area (Å²) < 4.78 is 31.6. The molecule has 1 N–H and O–H groups in total. The van der Waals surface area contributed by atoms with Crippen molar-refractivity contribution < 1.29 is 12.8 Å². The summed E-state index contributed by atoms with van der Waals surface area (Å²) in [6, 6.07) is 9.26. The molecule has 0 radical (unpaired) electrons. The standard InChI is InChI=1S/C17H13Cl2NO3S.ClH/c18-10-2-1-3-11(6-10)24(21,22)12-7-13-14-9-20-5-4-16(14)23-17(13)15(19)8-12;/h1-3,6-8,20H,4-5,9H2;1H. The van der Waals surface area contributed by atoms with Gasteiger partial charge in [0.25, 0.3) is 0 Å². The van der Waals surface area contributed by atoms with Crippen molar-refractivity contribution in [3.8, 4) is 0 Å². The highest BCUT2D eigenvalue weighted by molar-refractivity contribution is 7.91. The first-order valence-corrected chi connectivity index (χ1v) is 9.66. The SMILES string of the molecule is Cl.O=S(=O)(c1cccc(Cl)c1)c1cc(Cl)c2oc3c(c2c1)CNCC3. The van der Waals surface area contributed by atoms with E-state index in [-0.39, 0.29) is 22.2 Å². The van der Waals surface area contributed by atoms with Gasteiger partial charge in [-0.1, -0.05) is 29.3 Å².